The van der Waals surface area contributed by atoms with E-state index >= 15 is 0 Å². The van der Waals surface area contributed by atoms with Gasteiger partial charge in [0.15, 0.2) is 0 Å². The van der Waals surface area contributed by atoms with Crippen molar-refractivity contribution in [2.75, 3.05) is 24.6 Å². The molecule has 25 heavy (non-hydrogen) atoms. The number of benzene rings is 1. The molecule has 3 nitrogen and oxygen atoms in total. The maximum absolute atomic E-state index is 6.43. The molecule has 3 fully saturated rings. The molecular weight excluding hydrogens is 330 g/mol. The van der Waals surface area contributed by atoms with Gasteiger partial charge in [0.1, 0.15) is 5.75 Å². The first kappa shape index (κ1) is 16.5. The normalized spacial score (nSPS) is 27.5. The van der Waals surface area contributed by atoms with Crippen LogP contribution in [-0.2, 0) is 11.3 Å². The van der Waals surface area contributed by atoms with E-state index in [0.717, 1.165) is 43.6 Å². The number of nitrogens with zero attached hydrogens (tertiary/aromatic N) is 1. The standard InChI is InChI=1S/C21H29NO2S/c1-2-19(3-1)22-10-8-21(9-11-22)23-15-18-14-17(4-5-20(18)24-21)16-6-12-25-13-7-16/h4-5,14,16,19H,1-3,6-13,15H2. The van der Waals surface area contributed by atoms with E-state index in [2.05, 4.69) is 34.9 Å². The summed E-state index contributed by atoms with van der Waals surface area (Å²) >= 11 is 2.09. The van der Waals surface area contributed by atoms with Crippen LogP contribution in [-0.4, -0.2) is 41.3 Å². The third-order valence-corrected chi connectivity index (χ3v) is 7.76. The smallest absolute Gasteiger partial charge is 0.213 e. The monoisotopic (exact) mass is 359 g/mol. The lowest BCUT2D eigenvalue weighted by molar-refractivity contribution is -0.231. The Bertz CT molecular complexity index is 616. The topological polar surface area (TPSA) is 21.7 Å². The molecule has 4 heteroatoms. The second-order valence-electron chi connectivity index (χ2n) is 8.18. The summed E-state index contributed by atoms with van der Waals surface area (Å²) in [5, 5.41) is 0. The molecule has 0 bridgehead atoms. The van der Waals surface area contributed by atoms with Gasteiger partial charge in [0.25, 0.3) is 0 Å². The number of hydrogen-bond acceptors (Lipinski definition) is 4. The summed E-state index contributed by atoms with van der Waals surface area (Å²) in [6, 6.07) is 7.72. The van der Waals surface area contributed by atoms with Crippen LogP contribution in [0, 0.1) is 0 Å². The van der Waals surface area contributed by atoms with Gasteiger partial charge in [0.05, 0.1) is 6.61 Å². The third kappa shape index (κ3) is 3.22. The zero-order valence-electron chi connectivity index (χ0n) is 15.0. The van der Waals surface area contributed by atoms with E-state index in [9.17, 15) is 0 Å². The van der Waals surface area contributed by atoms with Gasteiger partial charge in [0, 0.05) is 37.5 Å². The number of ether oxygens (including phenoxy) is 2. The first-order chi connectivity index (χ1) is 12.3. The van der Waals surface area contributed by atoms with E-state index in [1.165, 1.54) is 54.7 Å². The van der Waals surface area contributed by atoms with Crippen molar-refractivity contribution < 1.29 is 9.47 Å². The number of piperidine rings is 1. The highest BCUT2D eigenvalue weighted by Gasteiger charge is 2.42. The van der Waals surface area contributed by atoms with Crippen LogP contribution in [0.3, 0.4) is 0 Å². The number of fused-ring (bicyclic) bond motifs is 1. The minimum absolute atomic E-state index is 0.365. The van der Waals surface area contributed by atoms with Crippen molar-refractivity contribution in [1.82, 2.24) is 4.90 Å². The second kappa shape index (κ2) is 6.79. The van der Waals surface area contributed by atoms with Crippen LogP contribution < -0.4 is 4.74 Å². The molecule has 0 radical (unpaired) electrons. The zero-order valence-corrected chi connectivity index (χ0v) is 15.9. The molecule has 3 aliphatic heterocycles. The number of thioether (sulfide) groups is 1. The molecule has 0 amide bonds. The highest BCUT2D eigenvalue weighted by molar-refractivity contribution is 7.99. The van der Waals surface area contributed by atoms with Crippen LogP contribution in [0.15, 0.2) is 18.2 Å². The number of likely N-dealkylation sites (tertiary alicyclic amines) is 1. The van der Waals surface area contributed by atoms with Crippen LogP contribution in [0.4, 0.5) is 0 Å². The van der Waals surface area contributed by atoms with E-state index < -0.39 is 0 Å². The maximum Gasteiger partial charge on any atom is 0.213 e. The van der Waals surface area contributed by atoms with Crippen molar-refractivity contribution in [3.8, 4) is 5.75 Å². The van der Waals surface area contributed by atoms with Gasteiger partial charge in [-0.1, -0.05) is 12.5 Å². The highest BCUT2D eigenvalue weighted by Crippen LogP contribution is 2.41. The number of rotatable bonds is 2. The van der Waals surface area contributed by atoms with Gasteiger partial charge >= 0.3 is 0 Å². The van der Waals surface area contributed by atoms with Gasteiger partial charge < -0.3 is 9.47 Å². The lowest BCUT2D eigenvalue weighted by Gasteiger charge is -2.47. The Morgan fingerprint density at radius 1 is 1.04 bits per heavy atom. The Hall–Kier alpha value is -0.710. The first-order valence-electron chi connectivity index (χ1n) is 10.1. The molecule has 1 aliphatic carbocycles. The van der Waals surface area contributed by atoms with Crippen LogP contribution >= 0.6 is 11.8 Å². The van der Waals surface area contributed by atoms with Crippen LogP contribution in [0.5, 0.6) is 5.75 Å². The van der Waals surface area contributed by atoms with Gasteiger partial charge in [-0.25, -0.2) is 0 Å². The van der Waals surface area contributed by atoms with Crippen molar-refractivity contribution >= 4 is 11.8 Å². The van der Waals surface area contributed by atoms with Gasteiger partial charge in [-0.2, -0.15) is 11.8 Å². The fourth-order valence-electron chi connectivity index (χ4n) is 4.76. The van der Waals surface area contributed by atoms with Crippen molar-refractivity contribution in [2.24, 2.45) is 0 Å². The molecule has 1 aromatic carbocycles. The molecule has 0 aromatic heterocycles. The van der Waals surface area contributed by atoms with E-state index in [4.69, 9.17) is 9.47 Å². The summed E-state index contributed by atoms with van der Waals surface area (Å²) < 4.78 is 12.7. The van der Waals surface area contributed by atoms with Crippen molar-refractivity contribution in [2.45, 2.75) is 69.3 Å². The highest BCUT2D eigenvalue weighted by atomic mass is 32.2. The largest absolute Gasteiger partial charge is 0.462 e. The summed E-state index contributed by atoms with van der Waals surface area (Å²) in [5.74, 6) is 4.03. The minimum Gasteiger partial charge on any atom is -0.462 e. The van der Waals surface area contributed by atoms with Crippen molar-refractivity contribution in [1.29, 1.82) is 0 Å². The molecule has 0 unspecified atom stereocenters. The average molecular weight is 360 g/mol. The summed E-state index contributed by atoms with van der Waals surface area (Å²) in [7, 11) is 0. The lowest BCUT2D eigenvalue weighted by Crippen LogP contribution is -2.54. The van der Waals surface area contributed by atoms with Gasteiger partial charge in [0.2, 0.25) is 5.79 Å². The SMILES string of the molecule is c1cc2c(cc1C1CCSCC1)COC1(CCN(C3CCC3)CC1)O2. The van der Waals surface area contributed by atoms with E-state index in [1.54, 1.807) is 0 Å². The molecule has 1 aromatic rings. The van der Waals surface area contributed by atoms with Crippen molar-refractivity contribution in [3.05, 3.63) is 29.3 Å². The molecule has 3 heterocycles. The Kier molecular flexibility index (Phi) is 4.47. The molecule has 0 atom stereocenters. The first-order valence-corrected chi connectivity index (χ1v) is 11.2. The minimum atomic E-state index is -0.365. The second-order valence-corrected chi connectivity index (χ2v) is 9.40. The average Bonchev–Trinajstić information content (AvgIpc) is 2.63. The molecule has 2 saturated heterocycles. The van der Waals surface area contributed by atoms with Crippen LogP contribution in [0.1, 0.15) is 62.0 Å². The lowest BCUT2D eigenvalue weighted by atomic mass is 9.88. The van der Waals surface area contributed by atoms with Crippen LogP contribution in [0.25, 0.3) is 0 Å². The van der Waals surface area contributed by atoms with Gasteiger partial charge in [-0.15, -0.1) is 0 Å². The molecule has 136 valence electrons. The quantitative estimate of drug-likeness (QED) is 0.772. The summed E-state index contributed by atoms with van der Waals surface area (Å²) in [6.07, 6.45) is 8.82. The number of hydrogen-bond donors (Lipinski definition) is 0. The maximum atomic E-state index is 6.43. The van der Waals surface area contributed by atoms with Gasteiger partial charge in [-0.05, 0) is 60.8 Å². The Morgan fingerprint density at radius 2 is 1.84 bits per heavy atom. The summed E-state index contributed by atoms with van der Waals surface area (Å²) in [6.45, 7) is 2.96. The molecule has 1 saturated carbocycles. The molecule has 5 rings (SSSR count). The zero-order chi connectivity index (χ0) is 16.7. The predicted molar refractivity (Wildman–Crippen MR) is 102 cm³/mol. The molecule has 4 aliphatic rings. The van der Waals surface area contributed by atoms with Crippen LogP contribution in [0.2, 0.25) is 0 Å². The summed E-state index contributed by atoms with van der Waals surface area (Å²) in [4.78, 5) is 2.65. The van der Waals surface area contributed by atoms with E-state index in [1.807, 2.05) is 0 Å². The van der Waals surface area contributed by atoms with Crippen molar-refractivity contribution in [3.63, 3.8) is 0 Å². The Balaban J connectivity index is 1.27. The Labute approximate surface area is 155 Å². The van der Waals surface area contributed by atoms with Gasteiger partial charge in [-0.3, -0.25) is 4.90 Å². The fraction of sp³-hybridized carbons (Fsp3) is 0.714. The molecule has 0 N–H and O–H groups in total. The summed E-state index contributed by atoms with van der Waals surface area (Å²) in [5.41, 5.74) is 2.74. The third-order valence-electron chi connectivity index (χ3n) is 6.71. The molecular formula is C21H29NO2S. The van der Waals surface area contributed by atoms with E-state index in [-0.39, 0.29) is 5.79 Å². The Morgan fingerprint density at radius 3 is 2.56 bits per heavy atom. The fourth-order valence-corrected chi connectivity index (χ4v) is 5.87. The molecule has 1 spiro atoms. The van der Waals surface area contributed by atoms with E-state index in [0.29, 0.717) is 6.61 Å². The predicted octanol–water partition coefficient (Wildman–Crippen LogP) is 4.55.